The fraction of sp³-hybridized carbons (Fsp3) is 0.500. The minimum absolute atomic E-state index is 0.211. The largest absolute Gasteiger partial charge is 0.444 e. The van der Waals surface area contributed by atoms with E-state index < -0.39 is 12.5 Å². The van der Waals surface area contributed by atoms with Gasteiger partial charge in [0.1, 0.15) is 5.52 Å². The highest BCUT2D eigenvalue weighted by Crippen LogP contribution is 2.33. The number of pyridine rings is 2. The molecule has 124 valence electrons. The van der Waals surface area contributed by atoms with E-state index in [0.717, 1.165) is 42.8 Å². The van der Waals surface area contributed by atoms with Crippen molar-refractivity contribution in [2.45, 2.75) is 18.4 Å². The van der Waals surface area contributed by atoms with Crippen LogP contribution in [0.25, 0.3) is 10.9 Å². The number of rotatable bonds is 5. The highest BCUT2D eigenvalue weighted by Gasteiger charge is 2.32. The predicted octanol–water partition coefficient (Wildman–Crippen LogP) is 2.63. The number of ether oxygens (including phenoxy) is 1. The summed E-state index contributed by atoms with van der Waals surface area (Å²) in [6.45, 7) is 0.624. The summed E-state index contributed by atoms with van der Waals surface area (Å²) in [6, 6.07) is 3.81. The Labute approximate surface area is 138 Å². The van der Waals surface area contributed by atoms with Crippen molar-refractivity contribution in [3.05, 3.63) is 24.5 Å². The van der Waals surface area contributed by atoms with Gasteiger partial charge in [0.2, 0.25) is 12.7 Å². The van der Waals surface area contributed by atoms with Gasteiger partial charge in [-0.1, -0.05) is 0 Å². The molecule has 0 radical (unpaired) electrons. The molecule has 0 aromatic carbocycles. The summed E-state index contributed by atoms with van der Waals surface area (Å²) in [5.74, 6) is 0.971. The first-order chi connectivity index (χ1) is 11.2. The Balaban J connectivity index is 1.88. The van der Waals surface area contributed by atoms with Crippen molar-refractivity contribution < 1.29 is 14.2 Å². The molecule has 0 atom stereocenters. The third-order valence-electron chi connectivity index (χ3n) is 4.24. The number of alkyl halides is 1. The van der Waals surface area contributed by atoms with E-state index in [1.165, 1.54) is 0 Å². The summed E-state index contributed by atoms with van der Waals surface area (Å²) >= 11 is 1.68. The first kappa shape index (κ1) is 16.3. The highest BCUT2D eigenvalue weighted by atomic mass is 32.2. The summed E-state index contributed by atoms with van der Waals surface area (Å²) < 4.78 is 17.4. The Morgan fingerprint density at radius 1 is 1.30 bits per heavy atom. The number of fused-ring (bicyclic) bond motifs is 1. The van der Waals surface area contributed by atoms with E-state index in [4.69, 9.17) is 4.74 Å². The normalized spacial score (nSPS) is 17.4. The number of hydrogen-bond donors (Lipinski definition) is 1. The zero-order valence-corrected chi connectivity index (χ0v) is 13.9. The molecule has 23 heavy (non-hydrogen) atoms. The summed E-state index contributed by atoms with van der Waals surface area (Å²) in [6.07, 6.45) is 6.77. The van der Waals surface area contributed by atoms with Gasteiger partial charge in [-0.15, -0.1) is 0 Å². The maximum atomic E-state index is 12.5. The summed E-state index contributed by atoms with van der Waals surface area (Å²) in [5.41, 5.74) is 1.00. The fourth-order valence-electron chi connectivity index (χ4n) is 3.05. The minimum atomic E-state index is -0.927. The second kappa shape index (κ2) is 6.88. The molecule has 1 fully saturated rings. The highest BCUT2D eigenvalue weighted by molar-refractivity contribution is 7.98. The minimum Gasteiger partial charge on any atom is -0.444 e. The molecule has 5 nitrogen and oxygen atoms in total. The SMILES string of the molecule is CSCC1(O)CCN(c2ccnc3c(OCF)nccc23)CC1. The molecule has 1 saturated heterocycles. The van der Waals surface area contributed by atoms with Crippen LogP contribution in [0.4, 0.5) is 10.1 Å². The van der Waals surface area contributed by atoms with Gasteiger partial charge in [0.15, 0.2) is 0 Å². The first-order valence-electron chi connectivity index (χ1n) is 7.55. The van der Waals surface area contributed by atoms with Gasteiger partial charge in [-0.05, 0) is 31.2 Å². The van der Waals surface area contributed by atoms with Crippen LogP contribution < -0.4 is 9.64 Å². The lowest BCUT2D eigenvalue weighted by Crippen LogP contribution is -2.46. The molecule has 0 unspecified atom stereocenters. The molecule has 1 aliphatic rings. The van der Waals surface area contributed by atoms with Gasteiger partial charge in [0.25, 0.3) is 0 Å². The van der Waals surface area contributed by atoms with Crippen molar-refractivity contribution in [3.8, 4) is 5.88 Å². The molecule has 1 N–H and O–H groups in total. The van der Waals surface area contributed by atoms with Gasteiger partial charge in [-0.25, -0.2) is 9.37 Å². The molecular formula is C16H20FN3O2S. The Morgan fingerprint density at radius 3 is 2.74 bits per heavy atom. The number of anilines is 1. The molecule has 0 saturated carbocycles. The Kier molecular flexibility index (Phi) is 4.87. The number of hydrogen-bond acceptors (Lipinski definition) is 6. The second-order valence-electron chi connectivity index (χ2n) is 5.74. The van der Waals surface area contributed by atoms with Gasteiger partial charge in [0, 0.05) is 42.3 Å². The van der Waals surface area contributed by atoms with Crippen molar-refractivity contribution in [1.29, 1.82) is 0 Å². The molecule has 0 aliphatic carbocycles. The summed E-state index contributed by atoms with van der Waals surface area (Å²) in [7, 11) is 0. The van der Waals surface area contributed by atoms with Crippen molar-refractivity contribution in [2.24, 2.45) is 0 Å². The van der Waals surface area contributed by atoms with Crippen LogP contribution in [0.2, 0.25) is 0 Å². The average Bonchev–Trinajstić information content (AvgIpc) is 2.56. The van der Waals surface area contributed by atoms with Gasteiger partial charge in [0.05, 0.1) is 5.60 Å². The smallest absolute Gasteiger partial charge is 0.242 e. The number of aliphatic hydroxyl groups is 1. The first-order valence-corrected chi connectivity index (χ1v) is 8.95. The van der Waals surface area contributed by atoms with Crippen molar-refractivity contribution in [2.75, 3.05) is 36.9 Å². The molecule has 2 aromatic heterocycles. The monoisotopic (exact) mass is 337 g/mol. The lowest BCUT2D eigenvalue weighted by atomic mass is 9.93. The molecule has 7 heteroatoms. The second-order valence-corrected chi connectivity index (χ2v) is 6.61. The topological polar surface area (TPSA) is 58.5 Å². The van der Waals surface area contributed by atoms with Crippen LogP contribution in [-0.2, 0) is 0 Å². The molecule has 1 aliphatic heterocycles. The van der Waals surface area contributed by atoms with Crippen molar-refractivity contribution in [1.82, 2.24) is 9.97 Å². The molecule has 0 spiro atoms. The molecule has 0 bridgehead atoms. The third-order valence-corrected chi connectivity index (χ3v) is 5.07. The van der Waals surface area contributed by atoms with Crippen LogP contribution in [0, 0.1) is 0 Å². The van der Waals surface area contributed by atoms with E-state index in [1.54, 1.807) is 24.2 Å². The lowest BCUT2D eigenvalue weighted by Gasteiger charge is -2.39. The number of piperidine rings is 1. The van der Waals surface area contributed by atoms with E-state index in [-0.39, 0.29) is 5.88 Å². The number of thioether (sulfide) groups is 1. The van der Waals surface area contributed by atoms with Gasteiger partial charge >= 0.3 is 0 Å². The lowest BCUT2D eigenvalue weighted by molar-refractivity contribution is 0.0401. The van der Waals surface area contributed by atoms with E-state index >= 15 is 0 Å². The van der Waals surface area contributed by atoms with Crippen LogP contribution in [0.5, 0.6) is 5.88 Å². The molecule has 3 heterocycles. The van der Waals surface area contributed by atoms with E-state index in [9.17, 15) is 9.50 Å². The quantitative estimate of drug-likeness (QED) is 0.905. The number of halogens is 1. The summed E-state index contributed by atoms with van der Waals surface area (Å²) in [5, 5.41) is 11.4. The van der Waals surface area contributed by atoms with E-state index in [2.05, 4.69) is 14.9 Å². The van der Waals surface area contributed by atoms with E-state index in [1.807, 2.05) is 18.4 Å². The number of aromatic nitrogens is 2. The maximum Gasteiger partial charge on any atom is 0.242 e. The van der Waals surface area contributed by atoms with E-state index in [0.29, 0.717) is 5.52 Å². The maximum absolute atomic E-state index is 12.5. The Morgan fingerprint density at radius 2 is 2.04 bits per heavy atom. The van der Waals surface area contributed by atoms with Crippen LogP contribution in [-0.4, -0.2) is 52.6 Å². The molecule has 3 rings (SSSR count). The Hall–Kier alpha value is -1.60. The third kappa shape index (κ3) is 3.35. The van der Waals surface area contributed by atoms with Crippen LogP contribution in [0.1, 0.15) is 12.8 Å². The molecular weight excluding hydrogens is 317 g/mol. The average molecular weight is 337 g/mol. The molecule has 2 aromatic rings. The standard InChI is InChI=1S/C16H20FN3O2S/c1-23-10-16(21)4-8-20(9-5-16)13-3-7-18-14-12(13)2-6-19-15(14)22-11-17/h2-3,6-7,21H,4-5,8-11H2,1H3. The van der Waals surface area contributed by atoms with Crippen LogP contribution >= 0.6 is 11.8 Å². The van der Waals surface area contributed by atoms with Gasteiger partial charge in [-0.2, -0.15) is 11.8 Å². The van der Waals surface area contributed by atoms with Crippen molar-refractivity contribution >= 4 is 28.4 Å². The van der Waals surface area contributed by atoms with Crippen molar-refractivity contribution in [3.63, 3.8) is 0 Å². The van der Waals surface area contributed by atoms with Gasteiger partial charge in [-0.3, -0.25) is 4.98 Å². The van der Waals surface area contributed by atoms with Gasteiger partial charge < -0.3 is 14.7 Å². The fourth-order valence-corrected chi connectivity index (χ4v) is 3.87. The summed E-state index contributed by atoms with van der Waals surface area (Å²) in [4.78, 5) is 10.6. The Bertz CT molecular complexity index is 677. The molecule has 0 amide bonds. The number of nitrogens with zero attached hydrogens (tertiary/aromatic N) is 3. The van der Waals surface area contributed by atoms with Crippen LogP contribution in [0.3, 0.4) is 0 Å². The predicted molar refractivity (Wildman–Crippen MR) is 90.9 cm³/mol. The van der Waals surface area contributed by atoms with Crippen LogP contribution in [0.15, 0.2) is 24.5 Å². The zero-order chi connectivity index (χ0) is 16.3. The zero-order valence-electron chi connectivity index (χ0n) is 13.0.